The molecule has 2 bridgehead atoms. The summed E-state index contributed by atoms with van der Waals surface area (Å²) in [7, 11) is -0.258. The Kier molecular flexibility index (Phi) is 11.8. The van der Waals surface area contributed by atoms with E-state index in [1.54, 1.807) is 39.0 Å². The van der Waals surface area contributed by atoms with Crippen molar-refractivity contribution in [2.24, 2.45) is 0 Å². The van der Waals surface area contributed by atoms with Gasteiger partial charge in [-0.2, -0.15) is 0 Å². The van der Waals surface area contributed by atoms with Crippen molar-refractivity contribution >= 4 is 43.3 Å². The standard InChI is InChI=1S/C38H56N4O8SSi/c1-24-25(12-11-13-30(24)47-8)20-41(26-14-15-26)34(43)33-28(31-19-39-32(51-31)23-48-16-17-49-52(9,10)38(5,6)7)18-27-21-40(36(46)50-37(2,3)4)22-29(33)42(27)35(44)45/h11-13,19,26-27,29H,14-18,20-23H2,1-10H3,(H,44,45)/t27?,29-/m1/s1. The zero-order chi connectivity index (χ0) is 38.2. The van der Waals surface area contributed by atoms with E-state index in [4.69, 9.17) is 18.6 Å². The van der Waals surface area contributed by atoms with Crippen molar-refractivity contribution in [3.8, 4) is 5.75 Å². The second kappa shape index (κ2) is 15.5. The normalized spacial score (nSPS) is 19.5. The zero-order valence-corrected chi connectivity index (χ0v) is 34.2. The third-order valence-corrected chi connectivity index (χ3v) is 16.1. The van der Waals surface area contributed by atoms with Crippen LogP contribution >= 0.6 is 11.3 Å². The fraction of sp³-hybridized carbons (Fsp3) is 0.632. The van der Waals surface area contributed by atoms with Crippen molar-refractivity contribution in [3.05, 3.63) is 51.0 Å². The highest BCUT2D eigenvalue weighted by Gasteiger charge is 2.50. The Labute approximate surface area is 313 Å². The lowest BCUT2D eigenvalue weighted by Gasteiger charge is -2.50. The monoisotopic (exact) mass is 756 g/mol. The number of hydrogen-bond donors (Lipinski definition) is 1. The summed E-state index contributed by atoms with van der Waals surface area (Å²) in [5.41, 5.74) is 2.34. The molecule has 2 aromatic rings. The summed E-state index contributed by atoms with van der Waals surface area (Å²) < 4.78 is 23.5. The second-order valence-corrected chi connectivity index (χ2v) is 22.5. The number of hydrogen-bond acceptors (Lipinski definition) is 9. The molecule has 3 aliphatic rings. The maximum Gasteiger partial charge on any atom is 0.410 e. The fourth-order valence-corrected chi connectivity index (χ4v) is 8.52. The van der Waals surface area contributed by atoms with Crippen LogP contribution in [-0.2, 0) is 31.8 Å². The van der Waals surface area contributed by atoms with Crippen LogP contribution in [0.25, 0.3) is 5.57 Å². The predicted molar refractivity (Wildman–Crippen MR) is 203 cm³/mol. The molecule has 1 aromatic carbocycles. The first-order valence-electron chi connectivity index (χ1n) is 18.1. The van der Waals surface area contributed by atoms with E-state index < -0.39 is 38.2 Å². The van der Waals surface area contributed by atoms with Crippen LogP contribution in [0.4, 0.5) is 9.59 Å². The number of piperazine rings is 1. The van der Waals surface area contributed by atoms with Gasteiger partial charge in [-0.3, -0.25) is 9.69 Å². The number of ether oxygens (including phenoxy) is 3. The van der Waals surface area contributed by atoms with E-state index in [1.807, 2.05) is 30.0 Å². The maximum absolute atomic E-state index is 15.0. The van der Waals surface area contributed by atoms with Crippen molar-refractivity contribution in [3.63, 3.8) is 0 Å². The molecule has 2 aliphatic heterocycles. The lowest BCUT2D eigenvalue weighted by atomic mass is 9.83. The van der Waals surface area contributed by atoms with Gasteiger partial charge < -0.3 is 33.5 Å². The molecule has 1 N–H and O–H groups in total. The predicted octanol–water partition coefficient (Wildman–Crippen LogP) is 7.31. The van der Waals surface area contributed by atoms with Crippen LogP contribution in [0.15, 0.2) is 30.0 Å². The molecule has 286 valence electrons. The van der Waals surface area contributed by atoms with E-state index in [0.29, 0.717) is 31.9 Å². The van der Waals surface area contributed by atoms with Gasteiger partial charge >= 0.3 is 12.2 Å². The van der Waals surface area contributed by atoms with E-state index in [2.05, 4.69) is 38.8 Å². The molecule has 2 atom stereocenters. The molecule has 0 spiro atoms. The first-order valence-corrected chi connectivity index (χ1v) is 21.9. The highest BCUT2D eigenvalue weighted by molar-refractivity contribution is 7.12. The summed E-state index contributed by atoms with van der Waals surface area (Å²) >= 11 is 1.45. The van der Waals surface area contributed by atoms with Gasteiger partial charge in [0.15, 0.2) is 8.32 Å². The van der Waals surface area contributed by atoms with Gasteiger partial charge in [0.1, 0.15) is 16.4 Å². The van der Waals surface area contributed by atoms with Crippen LogP contribution in [0, 0.1) is 6.92 Å². The molecule has 12 nitrogen and oxygen atoms in total. The number of carbonyl (C=O) groups excluding carboxylic acids is 2. The van der Waals surface area contributed by atoms with Crippen LogP contribution in [0.5, 0.6) is 5.75 Å². The summed E-state index contributed by atoms with van der Waals surface area (Å²) in [5.74, 6) is 0.513. The summed E-state index contributed by atoms with van der Waals surface area (Å²) in [4.78, 5) is 51.6. The Morgan fingerprint density at radius 1 is 1.08 bits per heavy atom. The first-order chi connectivity index (χ1) is 24.3. The quantitative estimate of drug-likeness (QED) is 0.175. The molecule has 1 saturated carbocycles. The van der Waals surface area contributed by atoms with Crippen LogP contribution in [0.2, 0.25) is 18.1 Å². The molecule has 2 fully saturated rings. The second-order valence-electron chi connectivity index (χ2n) is 16.5. The van der Waals surface area contributed by atoms with Gasteiger partial charge in [0, 0.05) is 37.4 Å². The number of fused-ring (bicyclic) bond motifs is 2. The fourth-order valence-electron chi connectivity index (χ4n) is 6.57. The average Bonchev–Trinajstić information content (AvgIpc) is 3.78. The minimum Gasteiger partial charge on any atom is -0.496 e. The van der Waals surface area contributed by atoms with E-state index in [-0.39, 0.29) is 36.5 Å². The largest absolute Gasteiger partial charge is 0.496 e. The molecule has 52 heavy (non-hydrogen) atoms. The number of thiazole rings is 1. The molecule has 1 aromatic heterocycles. The molecular formula is C38H56N4O8SSi. The van der Waals surface area contributed by atoms with Gasteiger partial charge in [0.25, 0.3) is 5.91 Å². The minimum absolute atomic E-state index is 0.00196. The van der Waals surface area contributed by atoms with Crippen LogP contribution in [0.1, 0.15) is 81.8 Å². The van der Waals surface area contributed by atoms with Gasteiger partial charge in [-0.05, 0) is 87.9 Å². The van der Waals surface area contributed by atoms with Crippen LogP contribution in [0.3, 0.4) is 0 Å². The molecule has 14 heteroatoms. The minimum atomic E-state index is -1.89. The smallest absolute Gasteiger partial charge is 0.410 e. The summed E-state index contributed by atoms with van der Waals surface area (Å²) in [6.45, 7) is 20.2. The highest BCUT2D eigenvalue weighted by Crippen LogP contribution is 2.43. The Hall–Kier alpha value is -3.46. The molecule has 1 aliphatic carbocycles. The number of nitrogens with zero attached hydrogens (tertiary/aromatic N) is 4. The van der Waals surface area contributed by atoms with Gasteiger partial charge in [0.05, 0.1) is 43.9 Å². The highest BCUT2D eigenvalue weighted by atomic mass is 32.1. The van der Waals surface area contributed by atoms with Gasteiger partial charge in [-0.1, -0.05) is 32.9 Å². The molecule has 1 saturated heterocycles. The summed E-state index contributed by atoms with van der Waals surface area (Å²) in [5, 5.41) is 11.4. The summed E-state index contributed by atoms with van der Waals surface area (Å²) in [6, 6.07) is 4.37. The van der Waals surface area contributed by atoms with Crippen LogP contribution < -0.4 is 4.74 Å². The third-order valence-electron chi connectivity index (χ3n) is 10.5. The molecule has 3 amide bonds. The molecule has 5 rings (SSSR count). The van der Waals surface area contributed by atoms with Crippen molar-refractivity contribution in [2.45, 2.75) is 123 Å². The zero-order valence-electron chi connectivity index (χ0n) is 32.4. The Balaban J connectivity index is 1.48. The Bertz CT molecular complexity index is 1680. The number of methoxy groups -OCH3 is 1. The number of amides is 3. The SMILES string of the molecule is COc1cccc(CN(C(=O)C2=C(c3cnc(COCCO[Si](C)(C)C(C)(C)C)s3)CC3CN(C(=O)OC(C)(C)C)C[C@H]2N3C(=O)O)C2CC2)c1C. The summed E-state index contributed by atoms with van der Waals surface area (Å²) in [6.07, 6.45) is 2.09. The Morgan fingerprint density at radius 2 is 1.79 bits per heavy atom. The third kappa shape index (κ3) is 9.00. The number of aromatic nitrogens is 1. The number of carbonyl (C=O) groups is 3. The van der Waals surface area contributed by atoms with E-state index in [9.17, 15) is 14.7 Å². The number of benzene rings is 1. The number of rotatable bonds is 12. The maximum atomic E-state index is 15.0. The topological polar surface area (TPSA) is 131 Å². The molecule has 1 unspecified atom stereocenters. The van der Waals surface area contributed by atoms with Crippen molar-refractivity contribution in [1.29, 1.82) is 0 Å². The van der Waals surface area contributed by atoms with Gasteiger partial charge in [0.2, 0.25) is 0 Å². The van der Waals surface area contributed by atoms with E-state index >= 15 is 4.79 Å². The van der Waals surface area contributed by atoms with Crippen molar-refractivity contribution in [1.82, 2.24) is 19.7 Å². The van der Waals surface area contributed by atoms with Crippen molar-refractivity contribution in [2.75, 3.05) is 33.4 Å². The van der Waals surface area contributed by atoms with E-state index in [0.717, 1.165) is 45.2 Å². The van der Waals surface area contributed by atoms with Gasteiger partial charge in [-0.15, -0.1) is 11.3 Å². The lowest BCUT2D eigenvalue weighted by molar-refractivity contribution is -0.129. The molecule has 3 heterocycles. The number of carboxylic acid groups (broad SMARTS) is 1. The first kappa shape index (κ1) is 39.7. The Morgan fingerprint density at radius 3 is 2.40 bits per heavy atom. The van der Waals surface area contributed by atoms with Crippen molar-refractivity contribution < 1.29 is 38.1 Å². The average molecular weight is 757 g/mol. The van der Waals surface area contributed by atoms with Crippen LogP contribution in [-0.4, -0.2) is 108 Å². The van der Waals surface area contributed by atoms with E-state index in [1.165, 1.54) is 16.2 Å². The lowest BCUT2D eigenvalue weighted by Crippen LogP contribution is -2.65. The van der Waals surface area contributed by atoms with Gasteiger partial charge in [-0.25, -0.2) is 14.6 Å². The molecular weight excluding hydrogens is 701 g/mol. The molecule has 0 radical (unpaired) electrons.